The van der Waals surface area contributed by atoms with Gasteiger partial charge in [-0.25, -0.2) is 0 Å². The van der Waals surface area contributed by atoms with Crippen LogP contribution in [0.1, 0.15) is 103 Å². The van der Waals surface area contributed by atoms with Gasteiger partial charge in [0.15, 0.2) is 18.9 Å². The van der Waals surface area contributed by atoms with Crippen LogP contribution in [0.4, 0.5) is 0 Å². The predicted octanol–water partition coefficient (Wildman–Crippen LogP) is -3.34. The lowest BCUT2D eigenvalue weighted by molar-refractivity contribution is -0.306. The Morgan fingerprint density at radius 1 is 0.533 bits per heavy atom. The molecule has 20 N–H and O–H groups in total. The number of carboxylic acids is 1. The lowest BCUT2D eigenvalue weighted by atomic mass is 9.84. The summed E-state index contributed by atoms with van der Waals surface area (Å²) in [5.74, 6) is -0.655. The summed E-state index contributed by atoms with van der Waals surface area (Å²) in [4.78, 5) is 10.3. The standard InChI is InChI=1S/C23H46N6O13.C16H32O2/c24-2-7-13(32)15(34)10(28)21(37-7)40-18-6(27)1-5(26)12(31)20(18)42-23-17(36)19(9(4-30)39-23)41-22-11(29)16(35)14(33)8(3-25)38-22;1-2-3-4-5-6-7-8-9-10-11-12-13-14-15-16(17)18/h5-23,30-36H,1-4,24-29H2;2-15H2,1H3,(H,17,18). The van der Waals surface area contributed by atoms with E-state index in [1.165, 1.54) is 70.6 Å². The molecule has 3 heterocycles. The third kappa shape index (κ3) is 15.2. The first-order valence-electron chi connectivity index (χ1n) is 21.9. The van der Waals surface area contributed by atoms with E-state index < -0.39 is 129 Å². The smallest absolute Gasteiger partial charge is 0.303 e. The number of unbranched alkanes of at least 4 members (excludes halogenated alkanes) is 12. The molecule has 19 unspecified atom stereocenters. The molecular weight excluding hydrogens is 792 g/mol. The summed E-state index contributed by atoms with van der Waals surface area (Å²) in [5, 5.41) is 81.5. The molecule has 3 saturated heterocycles. The van der Waals surface area contributed by atoms with Crippen LogP contribution in [0.15, 0.2) is 0 Å². The maximum atomic E-state index is 11.1. The van der Waals surface area contributed by atoms with Crippen LogP contribution in [0, 0.1) is 0 Å². The maximum Gasteiger partial charge on any atom is 0.303 e. The number of carbonyl (C=O) groups is 1. The average molecular weight is 871 g/mol. The molecule has 0 amide bonds. The zero-order chi connectivity index (χ0) is 44.5. The largest absolute Gasteiger partial charge is 0.481 e. The van der Waals surface area contributed by atoms with Gasteiger partial charge < -0.3 is 104 Å². The van der Waals surface area contributed by atoms with Gasteiger partial charge in [-0.1, -0.05) is 84.0 Å². The maximum absolute atomic E-state index is 11.1. The molecule has 4 rings (SSSR count). The summed E-state index contributed by atoms with van der Waals surface area (Å²) >= 11 is 0. The van der Waals surface area contributed by atoms with Crippen LogP contribution in [0.3, 0.4) is 0 Å². The van der Waals surface area contributed by atoms with E-state index in [1.807, 2.05) is 0 Å². The van der Waals surface area contributed by atoms with Crippen molar-refractivity contribution < 1.29 is 74.1 Å². The summed E-state index contributed by atoms with van der Waals surface area (Å²) in [7, 11) is 0. The van der Waals surface area contributed by atoms with Gasteiger partial charge in [-0.15, -0.1) is 0 Å². The first-order valence-corrected chi connectivity index (χ1v) is 21.9. The Morgan fingerprint density at radius 3 is 1.38 bits per heavy atom. The van der Waals surface area contributed by atoms with Crippen molar-refractivity contribution in [3.05, 3.63) is 0 Å². The molecule has 0 aromatic heterocycles. The first-order chi connectivity index (χ1) is 28.6. The minimum absolute atomic E-state index is 0.0889. The number of aliphatic carboxylic acids is 1. The Balaban J connectivity index is 0.000000450. The minimum atomic E-state index is -1.60. The fourth-order valence-electron chi connectivity index (χ4n) is 8.04. The second-order valence-electron chi connectivity index (χ2n) is 16.6. The van der Waals surface area contributed by atoms with Crippen LogP contribution in [0.25, 0.3) is 0 Å². The van der Waals surface area contributed by atoms with E-state index in [1.54, 1.807) is 0 Å². The van der Waals surface area contributed by atoms with Crippen LogP contribution in [-0.2, 0) is 33.2 Å². The summed E-state index contributed by atoms with van der Waals surface area (Å²) in [6.45, 7) is 1.29. The molecule has 0 aromatic carbocycles. The van der Waals surface area contributed by atoms with E-state index in [0.29, 0.717) is 6.42 Å². The molecule has 0 radical (unpaired) electrons. The fourth-order valence-corrected chi connectivity index (χ4v) is 8.04. The van der Waals surface area contributed by atoms with Gasteiger partial charge in [0.25, 0.3) is 0 Å². The number of ether oxygens (including phenoxy) is 6. The molecule has 0 spiro atoms. The van der Waals surface area contributed by atoms with E-state index in [4.69, 9.17) is 67.9 Å². The zero-order valence-electron chi connectivity index (χ0n) is 35.1. The Bertz CT molecular complexity index is 1190. The second kappa shape index (κ2) is 27.1. The number of aliphatic hydroxyl groups is 7. The summed E-state index contributed by atoms with van der Waals surface area (Å²) in [5.41, 5.74) is 35.6. The molecule has 0 bridgehead atoms. The monoisotopic (exact) mass is 871 g/mol. The predicted molar refractivity (Wildman–Crippen MR) is 216 cm³/mol. The average Bonchev–Trinajstić information content (AvgIpc) is 3.52. The minimum Gasteiger partial charge on any atom is -0.481 e. The molecule has 4 aliphatic rings. The van der Waals surface area contributed by atoms with Gasteiger partial charge in [-0.05, 0) is 12.8 Å². The van der Waals surface area contributed by atoms with E-state index in [9.17, 15) is 40.5 Å². The second-order valence-corrected chi connectivity index (χ2v) is 16.6. The third-order valence-electron chi connectivity index (χ3n) is 11.9. The first kappa shape index (κ1) is 53.1. The highest BCUT2D eigenvalue weighted by Gasteiger charge is 2.54. The number of carboxylic acid groups (broad SMARTS) is 1. The van der Waals surface area contributed by atoms with Crippen molar-refractivity contribution in [3.63, 3.8) is 0 Å². The van der Waals surface area contributed by atoms with Crippen molar-refractivity contribution in [2.45, 2.75) is 220 Å². The van der Waals surface area contributed by atoms with Crippen LogP contribution < -0.4 is 34.4 Å². The molecule has 3 aliphatic heterocycles. The highest BCUT2D eigenvalue weighted by Crippen LogP contribution is 2.34. The Hall–Kier alpha value is -1.29. The number of nitrogens with two attached hydrogens (primary N) is 6. The summed E-state index contributed by atoms with van der Waals surface area (Å²) in [6.07, 6.45) is -2.51. The van der Waals surface area contributed by atoms with Crippen molar-refractivity contribution in [2.24, 2.45) is 34.4 Å². The van der Waals surface area contributed by atoms with Crippen LogP contribution in [0.5, 0.6) is 0 Å². The Labute approximate surface area is 353 Å². The van der Waals surface area contributed by atoms with E-state index >= 15 is 0 Å². The van der Waals surface area contributed by atoms with Crippen molar-refractivity contribution >= 4 is 5.97 Å². The van der Waals surface area contributed by atoms with Gasteiger partial charge in [-0.2, -0.15) is 0 Å². The van der Waals surface area contributed by atoms with Crippen LogP contribution >= 0.6 is 0 Å². The van der Waals surface area contributed by atoms with Gasteiger partial charge in [-0.3, -0.25) is 4.79 Å². The molecule has 1 saturated carbocycles. The molecule has 1 aliphatic carbocycles. The molecular formula is C39H78N6O15. The van der Waals surface area contributed by atoms with Crippen LogP contribution in [0.2, 0.25) is 0 Å². The Morgan fingerprint density at radius 2 is 0.950 bits per heavy atom. The third-order valence-corrected chi connectivity index (χ3v) is 11.9. The highest BCUT2D eigenvalue weighted by atomic mass is 16.8. The van der Waals surface area contributed by atoms with Gasteiger partial charge >= 0.3 is 5.97 Å². The van der Waals surface area contributed by atoms with E-state index in [-0.39, 0.29) is 19.5 Å². The van der Waals surface area contributed by atoms with E-state index in [0.717, 1.165) is 12.8 Å². The van der Waals surface area contributed by atoms with Crippen molar-refractivity contribution in [3.8, 4) is 0 Å². The van der Waals surface area contributed by atoms with Crippen molar-refractivity contribution in [1.29, 1.82) is 0 Å². The molecule has 4 fully saturated rings. The molecule has 354 valence electrons. The van der Waals surface area contributed by atoms with E-state index in [2.05, 4.69) is 6.92 Å². The number of rotatable bonds is 23. The topological polar surface area (TPSA) is 390 Å². The lowest BCUT2D eigenvalue weighted by Gasteiger charge is -2.47. The normalized spacial score (nSPS) is 40.9. The molecule has 60 heavy (non-hydrogen) atoms. The zero-order valence-corrected chi connectivity index (χ0v) is 35.1. The SMILES string of the molecule is CCCCCCCCCCCCCCCC(=O)O.NCC1OC(OC2C(CO)OC(OC3C(O)C(N)CC(N)C3OC3OC(CN)C(O)C(O)C3N)C2O)C(N)C(O)C1O. The summed E-state index contributed by atoms with van der Waals surface area (Å²) in [6, 6.07) is -4.18. The van der Waals surface area contributed by atoms with Gasteiger partial charge in [0, 0.05) is 31.6 Å². The quantitative estimate of drug-likeness (QED) is 0.0446. The van der Waals surface area contributed by atoms with Gasteiger partial charge in [0.1, 0.15) is 67.1 Å². The Kier molecular flexibility index (Phi) is 24.0. The fraction of sp³-hybridized carbons (Fsp3) is 0.974. The van der Waals surface area contributed by atoms with Gasteiger partial charge in [0.05, 0.1) is 24.8 Å². The molecule has 19 atom stereocenters. The van der Waals surface area contributed by atoms with Gasteiger partial charge in [0.2, 0.25) is 0 Å². The molecule has 21 nitrogen and oxygen atoms in total. The van der Waals surface area contributed by atoms with Crippen molar-refractivity contribution in [2.75, 3.05) is 19.7 Å². The number of aliphatic hydroxyl groups excluding tert-OH is 7. The van der Waals surface area contributed by atoms with Crippen LogP contribution in [-0.4, -0.2) is 183 Å². The molecule has 0 aromatic rings. The van der Waals surface area contributed by atoms with Crippen molar-refractivity contribution in [1.82, 2.24) is 0 Å². The lowest BCUT2D eigenvalue weighted by Crippen LogP contribution is -2.68. The summed E-state index contributed by atoms with van der Waals surface area (Å²) < 4.78 is 34.6. The highest BCUT2D eigenvalue weighted by molar-refractivity contribution is 5.66. The molecule has 21 heteroatoms. The number of hydrogen-bond donors (Lipinski definition) is 14. The number of hydrogen-bond acceptors (Lipinski definition) is 20.